The van der Waals surface area contributed by atoms with Gasteiger partial charge in [0.05, 0.1) is 11.5 Å². The molecular formula is C14H23NO3S. The molecule has 108 valence electrons. The second kappa shape index (κ2) is 6.39. The first-order chi connectivity index (χ1) is 8.81. The molecule has 0 aromatic heterocycles. The molecule has 19 heavy (non-hydrogen) atoms. The summed E-state index contributed by atoms with van der Waals surface area (Å²) in [5.74, 6) is 0.738. The van der Waals surface area contributed by atoms with Crippen molar-refractivity contribution >= 4 is 10.0 Å². The highest BCUT2D eigenvalue weighted by atomic mass is 32.2. The van der Waals surface area contributed by atoms with E-state index in [1.54, 1.807) is 19.1 Å². The van der Waals surface area contributed by atoms with Crippen LogP contribution in [-0.2, 0) is 10.0 Å². The summed E-state index contributed by atoms with van der Waals surface area (Å²) in [5.41, 5.74) is 1.53. The Morgan fingerprint density at radius 2 is 1.84 bits per heavy atom. The molecule has 0 radical (unpaired) electrons. The zero-order valence-electron chi connectivity index (χ0n) is 12.3. The average molecular weight is 285 g/mol. The molecule has 1 rings (SSSR count). The van der Waals surface area contributed by atoms with Crippen molar-refractivity contribution in [3.8, 4) is 5.75 Å². The van der Waals surface area contributed by atoms with Gasteiger partial charge in [-0.25, -0.2) is 13.1 Å². The van der Waals surface area contributed by atoms with Crippen LogP contribution in [0.25, 0.3) is 0 Å². The summed E-state index contributed by atoms with van der Waals surface area (Å²) in [4.78, 5) is 0.328. The standard InChI is InChI=1S/C14H23NO3S/c1-6-12(5)15-19(16,17)14-9-10(3)13(18-7-2)8-11(14)4/h8-9,12,15H,6-7H2,1-5H3/t12-/m1/s1. The molecule has 0 spiro atoms. The molecule has 0 saturated heterocycles. The van der Waals surface area contributed by atoms with Gasteiger partial charge in [0, 0.05) is 6.04 Å². The highest BCUT2D eigenvalue weighted by Crippen LogP contribution is 2.26. The summed E-state index contributed by atoms with van der Waals surface area (Å²) in [7, 11) is -3.46. The van der Waals surface area contributed by atoms with E-state index in [1.807, 2.05) is 27.7 Å². The van der Waals surface area contributed by atoms with Gasteiger partial charge in [-0.05, 0) is 57.4 Å². The quantitative estimate of drug-likeness (QED) is 0.874. The lowest BCUT2D eigenvalue weighted by molar-refractivity contribution is 0.337. The van der Waals surface area contributed by atoms with E-state index >= 15 is 0 Å². The lowest BCUT2D eigenvalue weighted by atomic mass is 10.1. The maximum Gasteiger partial charge on any atom is 0.241 e. The van der Waals surface area contributed by atoms with Crippen molar-refractivity contribution in [2.45, 2.75) is 52.0 Å². The summed E-state index contributed by atoms with van der Waals surface area (Å²) in [5, 5.41) is 0. The van der Waals surface area contributed by atoms with Crippen molar-refractivity contribution in [1.29, 1.82) is 0 Å². The van der Waals surface area contributed by atoms with E-state index in [-0.39, 0.29) is 6.04 Å². The van der Waals surface area contributed by atoms with E-state index < -0.39 is 10.0 Å². The van der Waals surface area contributed by atoms with Crippen LogP contribution >= 0.6 is 0 Å². The molecule has 0 aliphatic heterocycles. The minimum Gasteiger partial charge on any atom is -0.494 e. The Kier molecular flexibility index (Phi) is 5.38. The largest absolute Gasteiger partial charge is 0.494 e. The minimum atomic E-state index is -3.46. The fourth-order valence-corrected chi connectivity index (χ4v) is 3.41. The predicted octanol–water partition coefficient (Wildman–Crippen LogP) is 2.78. The topological polar surface area (TPSA) is 55.4 Å². The molecular weight excluding hydrogens is 262 g/mol. The molecule has 0 fully saturated rings. The number of rotatable bonds is 6. The number of hydrogen-bond donors (Lipinski definition) is 1. The summed E-state index contributed by atoms with van der Waals surface area (Å²) >= 11 is 0. The van der Waals surface area contributed by atoms with Crippen LogP contribution in [0.15, 0.2) is 17.0 Å². The van der Waals surface area contributed by atoms with E-state index in [4.69, 9.17) is 4.74 Å². The number of hydrogen-bond acceptors (Lipinski definition) is 3. The normalized spacial score (nSPS) is 13.3. The fraction of sp³-hybridized carbons (Fsp3) is 0.571. The average Bonchev–Trinajstić information content (AvgIpc) is 2.32. The second-order valence-electron chi connectivity index (χ2n) is 4.75. The Balaban J connectivity index is 3.17. The van der Waals surface area contributed by atoms with Crippen LogP contribution in [0.5, 0.6) is 5.75 Å². The molecule has 0 heterocycles. The molecule has 1 atom stereocenters. The molecule has 0 amide bonds. The Labute approximate surface area is 116 Å². The van der Waals surface area contributed by atoms with Gasteiger partial charge in [0.25, 0.3) is 0 Å². The Hall–Kier alpha value is -1.07. The Morgan fingerprint density at radius 1 is 1.21 bits per heavy atom. The summed E-state index contributed by atoms with van der Waals surface area (Å²) in [6, 6.07) is 3.38. The van der Waals surface area contributed by atoms with Gasteiger partial charge in [0.2, 0.25) is 10.0 Å². The molecule has 1 aromatic carbocycles. The maximum absolute atomic E-state index is 12.3. The molecule has 1 N–H and O–H groups in total. The summed E-state index contributed by atoms with van der Waals surface area (Å²) < 4.78 is 32.7. The number of aryl methyl sites for hydroxylation is 2. The second-order valence-corrected chi connectivity index (χ2v) is 6.43. The fourth-order valence-electron chi connectivity index (χ4n) is 1.78. The summed E-state index contributed by atoms with van der Waals surface area (Å²) in [6.45, 7) is 9.92. The summed E-state index contributed by atoms with van der Waals surface area (Å²) in [6.07, 6.45) is 0.758. The lowest BCUT2D eigenvalue weighted by Gasteiger charge is -2.16. The van der Waals surface area contributed by atoms with Crippen LogP contribution < -0.4 is 9.46 Å². The van der Waals surface area contributed by atoms with Crippen LogP contribution in [0.4, 0.5) is 0 Å². The van der Waals surface area contributed by atoms with Crippen molar-refractivity contribution in [2.24, 2.45) is 0 Å². The van der Waals surface area contributed by atoms with Crippen LogP contribution in [-0.4, -0.2) is 21.1 Å². The van der Waals surface area contributed by atoms with Gasteiger partial charge in [-0.3, -0.25) is 0 Å². The first kappa shape index (κ1) is 16.0. The zero-order valence-corrected chi connectivity index (χ0v) is 13.1. The lowest BCUT2D eigenvalue weighted by Crippen LogP contribution is -2.32. The molecule has 5 heteroatoms. The Bertz CT molecular complexity index is 538. The van der Waals surface area contributed by atoms with E-state index in [0.717, 1.165) is 17.7 Å². The molecule has 0 bridgehead atoms. The minimum absolute atomic E-state index is 0.0729. The maximum atomic E-state index is 12.3. The van der Waals surface area contributed by atoms with Gasteiger partial charge < -0.3 is 4.74 Å². The van der Waals surface area contributed by atoms with Crippen molar-refractivity contribution in [1.82, 2.24) is 4.72 Å². The van der Waals surface area contributed by atoms with Gasteiger partial charge in [-0.1, -0.05) is 6.92 Å². The monoisotopic (exact) mass is 285 g/mol. The van der Waals surface area contributed by atoms with E-state index in [1.165, 1.54) is 0 Å². The van der Waals surface area contributed by atoms with Crippen molar-refractivity contribution in [3.63, 3.8) is 0 Å². The Morgan fingerprint density at radius 3 is 2.37 bits per heavy atom. The molecule has 0 aliphatic rings. The molecule has 0 saturated carbocycles. The first-order valence-corrected chi connectivity index (χ1v) is 8.06. The number of nitrogens with one attached hydrogen (secondary N) is 1. The van der Waals surface area contributed by atoms with Crippen LogP contribution in [0.2, 0.25) is 0 Å². The SMILES string of the molecule is CCOc1cc(C)c(S(=O)(=O)N[C@H](C)CC)cc1C. The molecule has 0 aliphatic carbocycles. The zero-order chi connectivity index (χ0) is 14.6. The van der Waals surface area contributed by atoms with Gasteiger partial charge >= 0.3 is 0 Å². The number of benzene rings is 1. The van der Waals surface area contributed by atoms with Crippen molar-refractivity contribution < 1.29 is 13.2 Å². The van der Waals surface area contributed by atoms with Gasteiger partial charge in [-0.2, -0.15) is 0 Å². The van der Waals surface area contributed by atoms with Gasteiger partial charge in [-0.15, -0.1) is 0 Å². The molecule has 0 unspecified atom stereocenters. The van der Waals surface area contributed by atoms with Crippen LogP contribution in [0.3, 0.4) is 0 Å². The molecule has 1 aromatic rings. The van der Waals surface area contributed by atoms with E-state index in [0.29, 0.717) is 17.1 Å². The highest BCUT2D eigenvalue weighted by molar-refractivity contribution is 7.89. The van der Waals surface area contributed by atoms with Gasteiger partial charge in [0.15, 0.2) is 0 Å². The molecule has 4 nitrogen and oxygen atoms in total. The van der Waals surface area contributed by atoms with Gasteiger partial charge in [0.1, 0.15) is 5.75 Å². The third-order valence-electron chi connectivity index (χ3n) is 3.03. The van der Waals surface area contributed by atoms with E-state index in [9.17, 15) is 8.42 Å². The van der Waals surface area contributed by atoms with Crippen LogP contribution in [0, 0.1) is 13.8 Å². The van der Waals surface area contributed by atoms with E-state index in [2.05, 4.69) is 4.72 Å². The van der Waals surface area contributed by atoms with Crippen molar-refractivity contribution in [2.75, 3.05) is 6.61 Å². The first-order valence-electron chi connectivity index (χ1n) is 6.58. The predicted molar refractivity (Wildman–Crippen MR) is 77.2 cm³/mol. The third kappa shape index (κ3) is 3.94. The highest BCUT2D eigenvalue weighted by Gasteiger charge is 2.20. The number of ether oxygens (including phenoxy) is 1. The smallest absolute Gasteiger partial charge is 0.241 e. The number of sulfonamides is 1. The third-order valence-corrected chi connectivity index (χ3v) is 4.76. The van der Waals surface area contributed by atoms with Crippen LogP contribution in [0.1, 0.15) is 38.3 Å². The van der Waals surface area contributed by atoms with Crippen molar-refractivity contribution in [3.05, 3.63) is 23.3 Å².